The maximum absolute atomic E-state index is 11.9. The van der Waals surface area contributed by atoms with Crippen molar-refractivity contribution in [3.8, 4) is 6.07 Å². The van der Waals surface area contributed by atoms with Crippen molar-refractivity contribution < 1.29 is 8.42 Å². The van der Waals surface area contributed by atoms with Gasteiger partial charge in [-0.25, -0.2) is 13.1 Å². The third-order valence-corrected chi connectivity index (χ3v) is 4.48. The van der Waals surface area contributed by atoms with Crippen molar-refractivity contribution in [3.63, 3.8) is 0 Å². The summed E-state index contributed by atoms with van der Waals surface area (Å²) in [7, 11) is -3.30. The predicted molar refractivity (Wildman–Crippen MR) is 77.4 cm³/mol. The van der Waals surface area contributed by atoms with Crippen LogP contribution in [0.15, 0.2) is 24.3 Å². The molecular formula is C14H19N3O2S. The van der Waals surface area contributed by atoms with Gasteiger partial charge in [0.15, 0.2) is 0 Å². The number of rotatable bonds is 8. The fourth-order valence-corrected chi connectivity index (χ4v) is 3.04. The van der Waals surface area contributed by atoms with Crippen LogP contribution in [-0.2, 0) is 15.8 Å². The molecule has 1 aromatic rings. The van der Waals surface area contributed by atoms with E-state index in [0.717, 1.165) is 13.0 Å². The van der Waals surface area contributed by atoms with Gasteiger partial charge in [-0.1, -0.05) is 12.1 Å². The van der Waals surface area contributed by atoms with Crippen LogP contribution in [0.3, 0.4) is 0 Å². The second-order valence-corrected chi connectivity index (χ2v) is 6.85. The van der Waals surface area contributed by atoms with Crippen molar-refractivity contribution >= 4 is 10.0 Å². The molecule has 0 bridgehead atoms. The van der Waals surface area contributed by atoms with Gasteiger partial charge < -0.3 is 5.32 Å². The summed E-state index contributed by atoms with van der Waals surface area (Å²) < 4.78 is 26.3. The lowest BCUT2D eigenvalue weighted by molar-refractivity contribution is 0.572. The second kappa shape index (κ2) is 6.84. The minimum Gasteiger partial charge on any atom is -0.314 e. The zero-order valence-electron chi connectivity index (χ0n) is 11.3. The third kappa shape index (κ3) is 5.29. The van der Waals surface area contributed by atoms with Gasteiger partial charge in [0.05, 0.1) is 17.4 Å². The molecule has 0 aliphatic heterocycles. The van der Waals surface area contributed by atoms with Crippen molar-refractivity contribution in [1.29, 1.82) is 5.26 Å². The van der Waals surface area contributed by atoms with Crippen LogP contribution in [0, 0.1) is 11.3 Å². The van der Waals surface area contributed by atoms with E-state index in [0.29, 0.717) is 23.7 Å². The van der Waals surface area contributed by atoms with Crippen LogP contribution >= 0.6 is 0 Å². The van der Waals surface area contributed by atoms with Gasteiger partial charge in [0, 0.05) is 12.6 Å². The molecule has 5 nitrogen and oxygen atoms in total. The summed E-state index contributed by atoms with van der Waals surface area (Å²) in [6, 6.07) is 9.27. The molecule has 1 fully saturated rings. The Balaban J connectivity index is 1.72. The molecule has 0 unspecified atom stereocenters. The second-order valence-electron chi connectivity index (χ2n) is 5.04. The SMILES string of the molecule is N#Cc1ccc(CS(=O)(=O)NCCCNC2CC2)cc1. The van der Waals surface area contributed by atoms with E-state index in [-0.39, 0.29) is 5.75 Å². The summed E-state index contributed by atoms with van der Waals surface area (Å²) in [6.07, 6.45) is 3.28. The number of benzene rings is 1. The van der Waals surface area contributed by atoms with E-state index in [9.17, 15) is 8.42 Å². The normalized spacial score (nSPS) is 14.9. The number of nitriles is 1. The molecule has 0 aromatic heterocycles. The van der Waals surface area contributed by atoms with Crippen LogP contribution in [0.1, 0.15) is 30.4 Å². The fraction of sp³-hybridized carbons (Fsp3) is 0.500. The van der Waals surface area contributed by atoms with Crippen molar-refractivity contribution in [2.24, 2.45) is 0 Å². The highest BCUT2D eigenvalue weighted by Crippen LogP contribution is 2.18. The first-order valence-corrected chi connectivity index (χ1v) is 8.44. The lowest BCUT2D eigenvalue weighted by Crippen LogP contribution is -2.29. The Bertz CT molecular complexity index is 571. The van der Waals surface area contributed by atoms with Gasteiger partial charge in [0.1, 0.15) is 0 Å². The van der Waals surface area contributed by atoms with E-state index in [4.69, 9.17) is 5.26 Å². The highest BCUT2D eigenvalue weighted by molar-refractivity contribution is 7.88. The maximum Gasteiger partial charge on any atom is 0.215 e. The molecule has 0 saturated heterocycles. The molecule has 108 valence electrons. The zero-order valence-corrected chi connectivity index (χ0v) is 12.1. The van der Waals surface area contributed by atoms with Gasteiger partial charge >= 0.3 is 0 Å². The first-order valence-electron chi connectivity index (χ1n) is 6.79. The number of hydrogen-bond donors (Lipinski definition) is 2. The van der Waals surface area contributed by atoms with E-state index in [1.165, 1.54) is 12.8 Å². The Labute approximate surface area is 120 Å². The maximum atomic E-state index is 11.9. The first kappa shape index (κ1) is 15.0. The molecule has 2 N–H and O–H groups in total. The van der Waals surface area contributed by atoms with Crippen LogP contribution in [-0.4, -0.2) is 27.5 Å². The molecule has 0 atom stereocenters. The fourth-order valence-electron chi connectivity index (χ4n) is 1.86. The summed E-state index contributed by atoms with van der Waals surface area (Å²) >= 11 is 0. The Morgan fingerprint density at radius 2 is 1.90 bits per heavy atom. The van der Waals surface area contributed by atoms with E-state index in [1.807, 2.05) is 6.07 Å². The van der Waals surface area contributed by atoms with Gasteiger partial charge in [-0.15, -0.1) is 0 Å². The van der Waals surface area contributed by atoms with E-state index in [2.05, 4.69) is 10.0 Å². The summed E-state index contributed by atoms with van der Waals surface area (Å²) in [5.74, 6) is -0.0469. The van der Waals surface area contributed by atoms with Crippen molar-refractivity contribution in [3.05, 3.63) is 35.4 Å². The number of nitrogens with one attached hydrogen (secondary N) is 2. The van der Waals surface area contributed by atoms with Gasteiger partial charge in [-0.05, 0) is 43.5 Å². The van der Waals surface area contributed by atoms with Crippen LogP contribution in [0.5, 0.6) is 0 Å². The summed E-state index contributed by atoms with van der Waals surface area (Å²) in [6.45, 7) is 1.31. The number of nitrogens with zero attached hydrogens (tertiary/aromatic N) is 1. The first-order chi connectivity index (χ1) is 9.59. The highest BCUT2D eigenvalue weighted by atomic mass is 32.2. The molecule has 1 aliphatic rings. The average Bonchev–Trinajstić information content (AvgIpc) is 3.23. The average molecular weight is 293 g/mol. The molecule has 0 radical (unpaired) electrons. The van der Waals surface area contributed by atoms with Crippen molar-refractivity contribution in [2.45, 2.75) is 31.1 Å². The standard InChI is InChI=1S/C14H19N3O2S/c15-10-12-2-4-13(5-3-12)11-20(18,19)17-9-1-8-16-14-6-7-14/h2-5,14,16-17H,1,6-9,11H2. The Hall–Kier alpha value is -1.42. The minimum atomic E-state index is -3.30. The van der Waals surface area contributed by atoms with Crippen molar-refractivity contribution in [1.82, 2.24) is 10.0 Å². The Morgan fingerprint density at radius 3 is 2.50 bits per heavy atom. The summed E-state index contributed by atoms with van der Waals surface area (Å²) in [4.78, 5) is 0. The van der Waals surface area contributed by atoms with Gasteiger partial charge in [-0.2, -0.15) is 5.26 Å². The monoisotopic (exact) mass is 293 g/mol. The van der Waals surface area contributed by atoms with Gasteiger partial charge in [0.25, 0.3) is 0 Å². The third-order valence-electron chi connectivity index (χ3n) is 3.13. The quantitative estimate of drug-likeness (QED) is 0.704. The predicted octanol–water partition coefficient (Wildman–Crippen LogP) is 1.12. The lowest BCUT2D eigenvalue weighted by atomic mass is 10.2. The van der Waals surface area contributed by atoms with Crippen LogP contribution < -0.4 is 10.0 Å². The molecular weight excluding hydrogens is 274 g/mol. The van der Waals surface area contributed by atoms with Gasteiger partial charge in [-0.3, -0.25) is 0 Å². The topological polar surface area (TPSA) is 82.0 Å². The van der Waals surface area contributed by atoms with Gasteiger partial charge in [0.2, 0.25) is 10.0 Å². The van der Waals surface area contributed by atoms with Crippen molar-refractivity contribution in [2.75, 3.05) is 13.1 Å². The molecule has 2 rings (SSSR count). The molecule has 20 heavy (non-hydrogen) atoms. The van der Waals surface area contributed by atoms with Crippen LogP contribution in [0.2, 0.25) is 0 Å². The largest absolute Gasteiger partial charge is 0.314 e. The molecule has 6 heteroatoms. The summed E-state index contributed by atoms with van der Waals surface area (Å²) in [5, 5.41) is 12.0. The molecule has 0 spiro atoms. The van der Waals surface area contributed by atoms with E-state index < -0.39 is 10.0 Å². The summed E-state index contributed by atoms with van der Waals surface area (Å²) in [5.41, 5.74) is 1.22. The van der Waals surface area contributed by atoms with Crippen LogP contribution in [0.4, 0.5) is 0 Å². The number of sulfonamides is 1. The highest BCUT2D eigenvalue weighted by Gasteiger charge is 2.19. The Morgan fingerprint density at radius 1 is 1.20 bits per heavy atom. The van der Waals surface area contributed by atoms with E-state index in [1.54, 1.807) is 24.3 Å². The zero-order chi connectivity index (χ0) is 14.4. The molecule has 0 heterocycles. The molecule has 1 aromatic carbocycles. The van der Waals surface area contributed by atoms with Crippen LogP contribution in [0.25, 0.3) is 0 Å². The van der Waals surface area contributed by atoms with E-state index >= 15 is 0 Å². The molecule has 1 saturated carbocycles. The minimum absolute atomic E-state index is 0.0469. The number of hydrogen-bond acceptors (Lipinski definition) is 4. The smallest absolute Gasteiger partial charge is 0.215 e. The Kier molecular flexibility index (Phi) is 5.12. The molecule has 1 aliphatic carbocycles. The lowest BCUT2D eigenvalue weighted by Gasteiger charge is -2.07. The molecule has 0 amide bonds.